The largest absolute Gasteiger partial charge is 0.356 e. The molecule has 1 fully saturated rings. The normalized spacial score (nSPS) is 19.0. The summed E-state index contributed by atoms with van der Waals surface area (Å²) in [5.41, 5.74) is 1.17. The lowest BCUT2D eigenvalue weighted by molar-refractivity contribution is -0.134. The van der Waals surface area contributed by atoms with Crippen molar-refractivity contribution in [1.29, 1.82) is 0 Å². The first-order valence-electron chi connectivity index (χ1n) is 10.9. The fourth-order valence-electron chi connectivity index (χ4n) is 3.62. The van der Waals surface area contributed by atoms with Crippen molar-refractivity contribution < 1.29 is 14.4 Å². The fraction of sp³-hybridized carbons (Fsp3) is 0.500. The maximum atomic E-state index is 12.8. The molecule has 2 N–H and O–H groups in total. The zero-order valence-corrected chi connectivity index (χ0v) is 19.1. The van der Waals surface area contributed by atoms with Gasteiger partial charge in [0.15, 0.2) is 5.16 Å². The Labute approximate surface area is 192 Å². The molecular formula is C22H30N6O3S. The van der Waals surface area contributed by atoms with Crippen molar-refractivity contribution in [3.8, 4) is 0 Å². The summed E-state index contributed by atoms with van der Waals surface area (Å²) in [5, 5.41) is 14.3. The summed E-state index contributed by atoms with van der Waals surface area (Å²) >= 11 is 1.29. The number of benzene rings is 1. The Morgan fingerprint density at radius 3 is 2.66 bits per heavy atom. The number of carbonyl (C=O) groups is 3. The second kappa shape index (κ2) is 12.2. The zero-order chi connectivity index (χ0) is 22.8. The summed E-state index contributed by atoms with van der Waals surface area (Å²) in [6, 6.07) is 10.1. The molecule has 1 saturated heterocycles. The van der Waals surface area contributed by atoms with Gasteiger partial charge in [-0.1, -0.05) is 42.1 Å². The van der Waals surface area contributed by atoms with Crippen LogP contribution in [0, 0.1) is 0 Å². The zero-order valence-electron chi connectivity index (χ0n) is 18.3. The number of hydrogen-bond donors (Lipinski definition) is 2. The molecule has 9 nitrogen and oxygen atoms in total. The number of thioether (sulfide) groups is 1. The monoisotopic (exact) mass is 458 g/mol. The van der Waals surface area contributed by atoms with Crippen LogP contribution in [0.4, 0.5) is 0 Å². The van der Waals surface area contributed by atoms with Crippen molar-refractivity contribution in [3.63, 3.8) is 0 Å². The van der Waals surface area contributed by atoms with E-state index in [4.69, 9.17) is 0 Å². The topological polar surface area (TPSA) is 109 Å². The van der Waals surface area contributed by atoms with E-state index >= 15 is 0 Å². The second-order valence-electron chi connectivity index (χ2n) is 7.82. The van der Waals surface area contributed by atoms with Gasteiger partial charge in [-0.2, -0.15) is 0 Å². The molecule has 1 atom stereocenters. The molecule has 1 aromatic carbocycles. The lowest BCUT2D eigenvalue weighted by Crippen LogP contribution is -2.43. The van der Waals surface area contributed by atoms with Gasteiger partial charge >= 0.3 is 0 Å². The minimum atomic E-state index is -0.171. The van der Waals surface area contributed by atoms with E-state index in [1.807, 2.05) is 25.2 Å². The highest BCUT2D eigenvalue weighted by Gasteiger charge is 2.20. The van der Waals surface area contributed by atoms with Crippen LogP contribution in [-0.4, -0.2) is 69.3 Å². The van der Waals surface area contributed by atoms with Gasteiger partial charge in [0.1, 0.15) is 6.33 Å². The molecule has 10 heteroatoms. The van der Waals surface area contributed by atoms with Gasteiger partial charge in [0.25, 0.3) is 0 Å². The van der Waals surface area contributed by atoms with Crippen molar-refractivity contribution in [2.75, 3.05) is 31.9 Å². The number of amides is 3. The molecule has 1 aliphatic rings. The molecule has 2 aromatic rings. The number of carbonyl (C=O) groups excluding carboxylic acids is 3. The van der Waals surface area contributed by atoms with Crippen LogP contribution in [0.5, 0.6) is 0 Å². The third-order valence-electron chi connectivity index (χ3n) is 5.41. The number of nitrogens with zero attached hydrogens (tertiary/aromatic N) is 4. The van der Waals surface area contributed by atoms with Crippen LogP contribution < -0.4 is 10.6 Å². The van der Waals surface area contributed by atoms with Crippen LogP contribution in [0.1, 0.15) is 37.2 Å². The van der Waals surface area contributed by atoms with Crippen molar-refractivity contribution in [2.24, 2.45) is 7.05 Å². The van der Waals surface area contributed by atoms with E-state index < -0.39 is 0 Å². The molecule has 0 spiro atoms. The molecule has 0 saturated carbocycles. The van der Waals surface area contributed by atoms with Crippen LogP contribution in [0.3, 0.4) is 0 Å². The molecule has 2 heterocycles. The van der Waals surface area contributed by atoms with Gasteiger partial charge in [-0.3, -0.25) is 14.4 Å². The van der Waals surface area contributed by atoms with E-state index in [2.05, 4.69) is 33.0 Å². The summed E-state index contributed by atoms with van der Waals surface area (Å²) in [7, 11) is 1.81. The molecule has 1 unspecified atom stereocenters. The Kier molecular flexibility index (Phi) is 9.09. The number of aromatic nitrogens is 3. The third-order valence-corrected chi connectivity index (χ3v) is 6.43. The number of hydrogen-bond acceptors (Lipinski definition) is 6. The minimum Gasteiger partial charge on any atom is -0.356 e. The van der Waals surface area contributed by atoms with Crippen molar-refractivity contribution in [2.45, 2.75) is 36.8 Å². The molecule has 1 aromatic heterocycles. The lowest BCUT2D eigenvalue weighted by Gasteiger charge is -2.23. The van der Waals surface area contributed by atoms with Gasteiger partial charge < -0.3 is 20.1 Å². The van der Waals surface area contributed by atoms with E-state index in [0.29, 0.717) is 37.6 Å². The molecule has 0 bridgehead atoms. The molecule has 0 radical (unpaired) electrons. The smallest absolute Gasteiger partial charge is 0.239 e. The van der Waals surface area contributed by atoms with Crippen LogP contribution in [0.2, 0.25) is 0 Å². The van der Waals surface area contributed by atoms with Crippen molar-refractivity contribution in [3.05, 3.63) is 42.2 Å². The highest BCUT2D eigenvalue weighted by molar-refractivity contribution is 7.99. The van der Waals surface area contributed by atoms with Crippen LogP contribution in [0.25, 0.3) is 0 Å². The summed E-state index contributed by atoms with van der Waals surface area (Å²) in [4.78, 5) is 39.1. The van der Waals surface area contributed by atoms with Crippen LogP contribution in [0.15, 0.2) is 41.8 Å². The highest BCUT2D eigenvalue weighted by Crippen LogP contribution is 2.24. The average Bonchev–Trinajstić information content (AvgIpc) is 3.21. The lowest BCUT2D eigenvalue weighted by atomic mass is 9.91. The first-order valence-corrected chi connectivity index (χ1v) is 11.8. The second-order valence-corrected chi connectivity index (χ2v) is 8.76. The summed E-state index contributed by atoms with van der Waals surface area (Å²) in [6.07, 6.45) is 4.06. The van der Waals surface area contributed by atoms with Crippen molar-refractivity contribution >= 4 is 29.5 Å². The van der Waals surface area contributed by atoms with Crippen molar-refractivity contribution in [1.82, 2.24) is 30.3 Å². The average molecular weight is 459 g/mol. The first-order chi connectivity index (χ1) is 15.5. The quantitative estimate of drug-likeness (QED) is 0.669. The van der Waals surface area contributed by atoms with Gasteiger partial charge in [0.05, 0.1) is 12.3 Å². The van der Waals surface area contributed by atoms with Gasteiger partial charge in [-0.15, -0.1) is 10.2 Å². The maximum Gasteiger partial charge on any atom is 0.239 e. The summed E-state index contributed by atoms with van der Waals surface area (Å²) < 4.78 is 1.74. The molecule has 0 aliphatic carbocycles. The van der Waals surface area contributed by atoms with Gasteiger partial charge in [-0.25, -0.2) is 0 Å². The standard InChI is InChI=1S/C22H30N6O3S/c1-27-16-25-26-22(27)32-15-21(31)28-13-5-11-23-19(29)9-8-18(10-12-24-20(30)14-28)17-6-3-2-4-7-17/h2-4,6-7,16,18H,5,8-15H2,1H3,(H,23,29)(H,24,30). The maximum absolute atomic E-state index is 12.8. The van der Waals surface area contributed by atoms with Gasteiger partial charge in [0.2, 0.25) is 17.7 Å². The van der Waals surface area contributed by atoms with Crippen LogP contribution in [-0.2, 0) is 21.4 Å². The number of nitrogens with one attached hydrogen (secondary N) is 2. The minimum absolute atomic E-state index is 0.00214. The third kappa shape index (κ3) is 7.37. The molecule has 1 aliphatic heterocycles. The molecule has 32 heavy (non-hydrogen) atoms. The highest BCUT2D eigenvalue weighted by atomic mass is 32.2. The fourth-order valence-corrected chi connectivity index (χ4v) is 4.41. The SMILES string of the molecule is Cn1cnnc1SCC(=O)N1CCCNC(=O)CCC(c2ccccc2)CCNC(=O)C1. The molecule has 3 amide bonds. The predicted octanol–water partition coefficient (Wildman–Crippen LogP) is 1.33. The first kappa shape index (κ1) is 23.8. The van der Waals surface area contributed by atoms with E-state index in [-0.39, 0.29) is 35.9 Å². The Balaban J connectivity index is 1.60. The van der Waals surface area contributed by atoms with E-state index in [9.17, 15) is 14.4 Å². The Morgan fingerprint density at radius 2 is 1.91 bits per heavy atom. The summed E-state index contributed by atoms with van der Waals surface area (Å²) in [6.45, 7) is 1.37. The molecule has 3 rings (SSSR count). The Morgan fingerprint density at radius 1 is 1.12 bits per heavy atom. The predicted molar refractivity (Wildman–Crippen MR) is 122 cm³/mol. The Hall–Kier alpha value is -2.88. The van der Waals surface area contributed by atoms with E-state index in [1.54, 1.807) is 15.8 Å². The summed E-state index contributed by atoms with van der Waals surface area (Å²) in [5.74, 6) is 0.0551. The number of aryl methyl sites for hydroxylation is 1. The van der Waals surface area contributed by atoms with E-state index in [1.165, 1.54) is 17.3 Å². The molecule has 172 valence electrons. The van der Waals surface area contributed by atoms with E-state index in [0.717, 1.165) is 12.8 Å². The van der Waals surface area contributed by atoms with Gasteiger partial charge in [0, 0.05) is 33.1 Å². The van der Waals surface area contributed by atoms with Crippen LogP contribution >= 0.6 is 11.8 Å². The van der Waals surface area contributed by atoms with Gasteiger partial charge in [-0.05, 0) is 30.7 Å². The molecular weight excluding hydrogens is 428 g/mol. The number of rotatable bonds is 4. The Bertz CT molecular complexity index is 904.